The minimum atomic E-state index is -0.889. The summed E-state index contributed by atoms with van der Waals surface area (Å²) in [6.45, 7) is 8.98. The van der Waals surface area contributed by atoms with E-state index in [0.29, 0.717) is 5.01 Å². The van der Waals surface area contributed by atoms with Crippen LogP contribution in [0.2, 0.25) is 0 Å². The van der Waals surface area contributed by atoms with Gasteiger partial charge >= 0.3 is 6.09 Å². The van der Waals surface area contributed by atoms with Crippen molar-refractivity contribution in [2.24, 2.45) is 0 Å². The van der Waals surface area contributed by atoms with Gasteiger partial charge in [0.25, 0.3) is 0 Å². The molecule has 21 heavy (non-hydrogen) atoms. The third kappa shape index (κ3) is 3.41. The van der Waals surface area contributed by atoms with Gasteiger partial charge in [0.15, 0.2) is 5.01 Å². The first kappa shape index (κ1) is 15.9. The fourth-order valence-electron chi connectivity index (χ4n) is 2.14. The Hall–Kier alpha value is -1.47. The van der Waals surface area contributed by atoms with Crippen molar-refractivity contribution in [1.29, 1.82) is 0 Å². The molecule has 1 atom stereocenters. The molecule has 1 aliphatic heterocycles. The molecule has 0 radical (unpaired) electrons. The van der Waals surface area contributed by atoms with Crippen LogP contribution in [0.4, 0.5) is 4.79 Å². The first-order chi connectivity index (χ1) is 9.62. The maximum absolute atomic E-state index is 12.5. The van der Waals surface area contributed by atoms with Gasteiger partial charge in [-0.25, -0.2) is 9.78 Å². The third-order valence-corrected chi connectivity index (χ3v) is 3.81. The molecule has 0 aliphatic carbocycles. The molecule has 1 saturated heterocycles. The molecule has 0 N–H and O–H groups in total. The molecule has 1 fully saturated rings. The summed E-state index contributed by atoms with van der Waals surface area (Å²) < 4.78 is 11.0. The van der Waals surface area contributed by atoms with Crippen LogP contribution in [0.1, 0.15) is 44.4 Å². The summed E-state index contributed by atoms with van der Waals surface area (Å²) in [5, 5.41) is 2.10. The molecule has 0 aromatic carbocycles. The molecule has 7 heteroatoms. The smallest absolute Gasteiger partial charge is 0.413 e. The number of carbonyl (C=O) groups is 2. The van der Waals surface area contributed by atoms with Crippen LogP contribution in [0.3, 0.4) is 0 Å². The standard InChI is InChI=1S/C14H20N2O4S/c1-13(2,3)20-12(18)16-9(8-19-14(16,4)5)10(17)11-15-6-7-21-11/h6-7,9H,8H2,1-5H3/t9-/m0/s1. The zero-order chi connectivity index (χ0) is 15.8. The Morgan fingerprint density at radius 3 is 2.67 bits per heavy atom. The van der Waals surface area contributed by atoms with Crippen LogP contribution in [0.5, 0.6) is 0 Å². The quantitative estimate of drug-likeness (QED) is 0.785. The zero-order valence-corrected chi connectivity index (χ0v) is 13.7. The minimum absolute atomic E-state index is 0.144. The molecule has 0 spiro atoms. The highest BCUT2D eigenvalue weighted by Crippen LogP contribution is 2.31. The van der Waals surface area contributed by atoms with Crippen molar-refractivity contribution in [2.45, 2.75) is 52.0 Å². The van der Waals surface area contributed by atoms with Gasteiger partial charge in [-0.15, -0.1) is 11.3 Å². The number of hydrogen-bond acceptors (Lipinski definition) is 6. The van der Waals surface area contributed by atoms with Crippen molar-refractivity contribution >= 4 is 23.2 Å². The Balaban J connectivity index is 2.25. The average molecular weight is 312 g/mol. The van der Waals surface area contributed by atoms with E-state index in [4.69, 9.17) is 9.47 Å². The number of thiazole rings is 1. The molecule has 0 bridgehead atoms. The minimum Gasteiger partial charge on any atom is -0.444 e. The summed E-state index contributed by atoms with van der Waals surface area (Å²) in [5.74, 6) is -0.221. The highest BCUT2D eigenvalue weighted by molar-refractivity contribution is 7.11. The Kier molecular flexibility index (Phi) is 4.08. The molecule has 1 amide bonds. The lowest BCUT2D eigenvalue weighted by Gasteiger charge is -2.34. The van der Waals surface area contributed by atoms with Crippen molar-refractivity contribution in [3.8, 4) is 0 Å². The molecule has 116 valence electrons. The molecule has 2 heterocycles. The van der Waals surface area contributed by atoms with Gasteiger partial charge in [-0.1, -0.05) is 0 Å². The fourth-order valence-corrected chi connectivity index (χ4v) is 2.77. The van der Waals surface area contributed by atoms with E-state index in [1.54, 1.807) is 46.2 Å². The first-order valence-electron chi connectivity index (χ1n) is 6.72. The number of aromatic nitrogens is 1. The predicted octanol–water partition coefficient (Wildman–Crippen LogP) is 2.70. The van der Waals surface area contributed by atoms with Gasteiger partial charge in [0.05, 0.1) is 6.61 Å². The van der Waals surface area contributed by atoms with E-state index < -0.39 is 23.5 Å². The molecular formula is C14H20N2O4S. The average Bonchev–Trinajstić information content (AvgIpc) is 2.92. The number of rotatable bonds is 2. The van der Waals surface area contributed by atoms with E-state index in [1.807, 2.05) is 0 Å². The lowest BCUT2D eigenvalue weighted by Crippen LogP contribution is -2.52. The molecule has 1 aliphatic rings. The Bertz CT molecular complexity index is 534. The molecule has 1 aromatic heterocycles. The summed E-state index contributed by atoms with van der Waals surface area (Å²) in [4.78, 5) is 30.3. The Morgan fingerprint density at radius 2 is 2.14 bits per heavy atom. The Labute approximate surface area is 128 Å². The van der Waals surface area contributed by atoms with E-state index in [9.17, 15) is 9.59 Å². The van der Waals surface area contributed by atoms with Gasteiger partial charge in [-0.05, 0) is 34.6 Å². The van der Waals surface area contributed by atoms with Gasteiger partial charge < -0.3 is 9.47 Å². The molecule has 1 aromatic rings. The number of ketones is 1. The van der Waals surface area contributed by atoms with Crippen LogP contribution in [-0.4, -0.2) is 45.7 Å². The number of carbonyl (C=O) groups excluding carboxylic acids is 2. The normalized spacial score (nSPS) is 21.4. The monoisotopic (exact) mass is 312 g/mol. The molecule has 2 rings (SSSR count). The number of ether oxygens (including phenoxy) is 2. The van der Waals surface area contributed by atoms with Gasteiger partial charge in [-0.3, -0.25) is 9.69 Å². The predicted molar refractivity (Wildman–Crippen MR) is 78.3 cm³/mol. The second-order valence-electron chi connectivity index (χ2n) is 6.33. The van der Waals surface area contributed by atoms with Crippen molar-refractivity contribution in [3.05, 3.63) is 16.6 Å². The topological polar surface area (TPSA) is 68.7 Å². The summed E-state index contributed by atoms with van der Waals surface area (Å²) >= 11 is 1.25. The highest BCUT2D eigenvalue weighted by atomic mass is 32.1. The maximum Gasteiger partial charge on any atom is 0.413 e. The van der Waals surface area contributed by atoms with Crippen LogP contribution in [0, 0.1) is 0 Å². The van der Waals surface area contributed by atoms with E-state index >= 15 is 0 Å². The number of Topliss-reactive ketones (excluding diaryl/α,β-unsaturated/α-hetero) is 1. The van der Waals surface area contributed by atoms with E-state index in [2.05, 4.69) is 4.98 Å². The SMILES string of the molecule is CC(C)(C)OC(=O)N1[C@H](C(=O)c2nccs2)COC1(C)C. The van der Waals surface area contributed by atoms with Gasteiger partial charge in [0, 0.05) is 11.6 Å². The van der Waals surface area contributed by atoms with E-state index in [-0.39, 0.29) is 12.4 Å². The van der Waals surface area contributed by atoms with Crippen LogP contribution in [-0.2, 0) is 9.47 Å². The number of nitrogens with zero attached hydrogens (tertiary/aromatic N) is 2. The van der Waals surface area contributed by atoms with E-state index in [0.717, 1.165) is 0 Å². The van der Waals surface area contributed by atoms with Crippen LogP contribution in [0.15, 0.2) is 11.6 Å². The lowest BCUT2D eigenvalue weighted by molar-refractivity contribution is -0.0615. The lowest BCUT2D eigenvalue weighted by atomic mass is 10.1. The summed E-state index contributed by atoms with van der Waals surface area (Å²) in [6, 6.07) is -0.707. The second kappa shape index (κ2) is 5.38. The van der Waals surface area contributed by atoms with Crippen LogP contribution >= 0.6 is 11.3 Å². The molecule has 0 saturated carbocycles. The van der Waals surface area contributed by atoms with Crippen molar-refractivity contribution < 1.29 is 19.1 Å². The van der Waals surface area contributed by atoms with Crippen molar-refractivity contribution in [2.75, 3.05) is 6.61 Å². The van der Waals surface area contributed by atoms with Gasteiger partial charge in [0.1, 0.15) is 17.4 Å². The third-order valence-electron chi connectivity index (χ3n) is 3.02. The summed E-state index contributed by atoms with van der Waals surface area (Å²) in [6.07, 6.45) is 1.01. The largest absolute Gasteiger partial charge is 0.444 e. The van der Waals surface area contributed by atoms with Crippen molar-refractivity contribution in [3.63, 3.8) is 0 Å². The van der Waals surface area contributed by atoms with Gasteiger partial charge in [-0.2, -0.15) is 0 Å². The second-order valence-corrected chi connectivity index (χ2v) is 7.22. The van der Waals surface area contributed by atoms with Crippen LogP contribution < -0.4 is 0 Å². The number of amides is 1. The highest BCUT2D eigenvalue weighted by Gasteiger charge is 2.49. The van der Waals surface area contributed by atoms with Gasteiger partial charge in [0.2, 0.25) is 5.78 Å². The molecule has 6 nitrogen and oxygen atoms in total. The first-order valence-corrected chi connectivity index (χ1v) is 7.60. The molecule has 0 unspecified atom stereocenters. The maximum atomic E-state index is 12.5. The van der Waals surface area contributed by atoms with E-state index in [1.165, 1.54) is 16.2 Å². The summed E-state index contributed by atoms with van der Waals surface area (Å²) in [5.41, 5.74) is -1.52. The Morgan fingerprint density at radius 1 is 1.48 bits per heavy atom. The molecular weight excluding hydrogens is 292 g/mol. The summed E-state index contributed by atoms with van der Waals surface area (Å²) in [7, 11) is 0. The number of hydrogen-bond donors (Lipinski definition) is 0. The fraction of sp³-hybridized carbons (Fsp3) is 0.643. The van der Waals surface area contributed by atoms with Crippen molar-refractivity contribution in [1.82, 2.24) is 9.88 Å². The van der Waals surface area contributed by atoms with Crippen LogP contribution in [0.25, 0.3) is 0 Å². The zero-order valence-electron chi connectivity index (χ0n) is 12.9.